The average Bonchev–Trinajstić information content (AvgIpc) is 3.05. The lowest BCUT2D eigenvalue weighted by atomic mass is 10.0. The molecule has 1 heterocycles. The van der Waals surface area contributed by atoms with Gasteiger partial charge in [-0.05, 0) is 64.5 Å². The van der Waals surface area contributed by atoms with E-state index in [-0.39, 0.29) is 24.7 Å². The molecule has 182 valence electrons. The maximum Gasteiger partial charge on any atom is 0.308 e. The van der Waals surface area contributed by atoms with Gasteiger partial charge in [-0.3, -0.25) is 4.79 Å². The summed E-state index contributed by atoms with van der Waals surface area (Å²) in [5.41, 5.74) is 3.11. The molecule has 34 heavy (non-hydrogen) atoms. The predicted octanol–water partition coefficient (Wildman–Crippen LogP) is 5.89. The summed E-state index contributed by atoms with van der Waals surface area (Å²) in [7, 11) is 0. The zero-order valence-electron chi connectivity index (χ0n) is 20.5. The molecule has 2 N–H and O–H groups in total. The lowest BCUT2D eigenvalue weighted by Crippen LogP contribution is -2.27. The fourth-order valence-electron chi connectivity index (χ4n) is 4.14. The van der Waals surface area contributed by atoms with Crippen LogP contribution in [0.1, 0.15) is 59.2 Å². The molecule has 0 saturated heterocycles. The molecule has 0 aliphatic carbocycles. The number of fused-ring (bicyclic) bond motifs is 1. The predicted molar refractivity (Wildman–Crippen MR) is 134 cm³/mol. The SMILES string of the molecule is CC(C)n1c(C=C[C@@H](O)C[C@H](O)CC(=O)OC(C)(C)C)c(-c2ccc(F)cc2)c2ccccc21. The summed E-state index contributed by atoms with van der Waals surface area (Å²) in [6, 6.07) is 14.5. The number of ether oxygens (including phenoxy) is 1. The number of hydrogen-bond donors (Lipinski definition) is 2. The van der Waals surface area contributed by atoms with Crippen LogP contribution in [0.3, 0.4) is 0 Å². The third-order valence-electron chi connectivity index (χ3n) is 5.41. The van der Waals surface area contributed by atoms with E-state index in [9.17, 15) is 19.4 Å². The minimum Gasteiger partial charge on any atom is -0.460 e. The van der Waals surface area contributed by atoms with Crippen LogP contribution in [0.25, 0.3) is 28.1 Å². The smallest absolute Gasteiger partial charge is 0.308 e. The standard InChI is InChI=1S/C28H34FNO4/c1-18(2)30-24-9-7-6-8-23(24)27(19-10-12-20(29)13-11-19)25(30)15-14-21(31)16-22(32)17-26(33)34-28(3,4)5/h6-15,18,21-22,31-32H,16-17H2,1-5H3/t21-,22+/m1/s1. The van der Waals surface area contributed by atoms with Crippen molar-refractivity contribution >= 4 is 22.9 Å². The van der Waals surface area contributed by atoms with Crippen LogP contribution in [0, 0.1) is 5.82 Å². The molecule has 0 amide bonds. The molecular formula is C28H34FNO4. The summed E-state index contributed by atoms with van der Waals surface area (Å²) in [4.78, 5) is 12.0. The maximum absolute atomic E-state index is 13.6. The van der Waals surface area contributed by atoms with E-state index in [1.807, 2.05) is 30.3 Å². The van der Waals surface area contributed by atoms with Gasteiger partial charge in [-0.25, -0.2) is 4.39 Å². The highest BCUT2D eigenvalue weighted by atomic mass is 19.1. The summed E-state index contributed by atoms with van der Waals surface area (Å²) in [5, 5.41) is 21.9. The van der Waals surface area contributed by atoms with Gasteiger partial charge in [0.1, 0.15) is 11.4 Å². The van der Waals surface area contributed by atoms with E-state index >= 15 is 0 Å². The lowest BCUT2D eigenvalue weighted by molar-refractivity contribution is -0.157. The number of para-hydroxylation sites is 1. The Morgan fingerprint density at radius 3 is 2.35 bits per heavy atom. The molecule has 1 aromatic heterocycles. The van der Waals surface area contributed by atoms with Crippen molar-refractivity contribution in [2.24, 2.45) is 0 Å². The van der Waals surface area contributed by atoms with Gasteiger partial charge < -0.3 is 19.5 Å². The number of hydrogen-bond acceptors (Lipinski definition) is 4. The van der Waals surface area contributed by atoms with Crippen LogP contribution in [0.5, 0.6) is 0 Å². The van der Waals surface area contributed by atoms with Gasteiger partial charge in [0, 0.05) is 34.6 Å². The molecule has 0 saturated carbocycles. The second-order valence-corrected chi connectivity index (χ2v) is 9.85. The van der Waals surface area contributed by atoms with Crippen LogP contribution in [0.2, 0.25) is 0 Å². The molecule has 6 heteroatoms. The fraction of sp³-hybridized carbons (Fsp3) is 0.393. The van der Waals surface area contributed by atoms with E-state index in [0.29, 0.717) is 0 Å². The number of carbonyl (C=O) groups excluding carboxylic acids is 1. The second kappa shape index (κ2) is 10.5. The molecule has 2 atom stereocenters. The Morgan fingerprint density at radius 1 is 1.09 bits per heavy atom. The number of halogens is 1. The Hall–Kier alpha value is -2.96. The topological polar surface area (TPSA) is 71.7 Å². The highest BCUT2D eigenvalue weighted by Gasteiger charge is 2.22. The Bertz CT molecular complexity index is 1160. The van der Waals surface area contributed by atoms with Crippen molar-refractivity contribution in [3.8, 4) is 11.1 Å². The largest absolute Gasteiger partial charge is 0.460 e. The zero-order chi connectivity index (χ0) is 25.0. The Balaban J connectivity index is 1.91. The molecule has 2 aromatic carbocycles. The van der Waals surface area contributed by atoms with Gasteiger partial charge in [0.2, 0.25) is 0 Å². The minimum absolute atomic E-state index is 0.00350. The summed E-state index contributed by atoms with van der Waals surface area (Å²) >= 11 is 0. The number of aliphatic hydroxyl groups excluding tert-OH is 2. The van der Waals surface area contributed by atoms with Gasteiger partial charge >= 0.3 is 5.97 Å². The number of esters is 1. The summed E-state index contributed by atoms with van der Waals surface area (Å²) in [5.74, 6) is -0.808. The van der Waals surface area contributed by atoms with Crippen molar-refractivity contribution in [1.82, 2.24) is 4.57 Å². The van der Waals surface area contributed by atoms with E-state index in [0.717, 1.165) is 27.7 Å². The van der Waals surface area contributed by atoms with Gasteiger partial charge in [0.05, 0.1) is 18.6 Å². The van der Waals surface area contributed by atoms with Crippen LogP contribution in [-0.2, 0) is 9.53 Å². The molecule has 0 spiro atoms. The zero-order valence-corrected chi connectivity index (χ0v) is 20.5. The lowest BCUT2D eigenvalue weighted by Gasteiger charge is -2.21. The van der Waals surface area contributed by atoms with Crippen LogP contribution >= 0.6 is 0 Å². The van der Waals surface area contributed by atoms with Crippen LogP contribution in [0.15, 0.2) is 54.6 Å². The minimum atomic E-state index is -1.03. The fourth-order valence-corrected chi connectivity index (χ4v) is 4.14. The van der Waals surface area contributed by atoms with E-state index in [4.69, 9.17) is 4.74 Å². The second-order valence-electron chi connectivity index (χ2n) is 9.85. The molecule has 0 aliphatic heterocycles. The molecule has 0 fully saturated rings. The molecule has 0 radical (unpaired) electrons. The highest BCUT2D eigenvalue weighted by molar-refractivity contribution is 6.01. The van der Waals surface area contributed by atoms with E-state index < -0.39 is 23.8 Å². The van der Waals surface area contributed by atoms with Crippen molar-refractivity contribution in [2.45, 2.75) is 71.3 Å². The van der Waals surface area contributed by atoms with Gasteiger partial charge in [-0.1, -0.05) is 36.4 Å². The van der Waals surface area contributed by atoms with Crippen molar-refractivity contribution in [3.05, 3.63) is 66.1 Å². The monoisotopic (exact) mass is 467 g/mol. The molecule has 0 aliphatic rings. The maximum atomic E-state index is 13.6. The number of rotatable bonds is 8. The summed E-state index contributed by atoms with van der Waals surface area (Å²) in [6.07, 6.45) is 1.29. The van der Waals surface area contributed by atoms with E-state index in [1.54, 1.807) is 39.0 Å². The number of nitrogens with zero attached hydrogens (tertiary/aromatic N) is 1. The van der Waals surface area contributed by atoms with Crippen LogP contribution in [0.4, 0.5) is 4.39 Å². The van der Waals surface area contributed by atoms with Gasteiger partial charge in [-0.15, -0.1) is 0 Å². The van der Waals surface area contributed by atoms with Crippen molar-refractivity contribution in [1.29, 1.82) is 0 Å². The normalized spacial score (nSPS) is 14.1. The molecule has 5 nitrogen and oxygen atoms in total. The molecule has 0 bridgehead atoms. The van der Waals surface area contributed by atoms with Crippen molar-refractivity contribution < 1.29 is 24.1 Å². The first kappa shape index (κ1) is 25.7. The first-order valence-corrected chi connectivity index (χ1v) is 11.6. The quantitative estimate of drug-likeness (QED) is 0.406. The molecule has 0 unspecified atom stereocenters. The Labute approximate surface area is 200 Å². The first-order valence-electron chi connectivity index (χ1n) is 11.6. The molecule has 3 aromatic rings. The van der Waals surface area contributed by atoms with Gasteiger partial charge in [0.15, 0.2) is 0 Å². The summed E-state index contributed by atoms with van der Waals surface area (Å²) < 4.78 is 21.0. The number of aromatic nitrogens is 1. The average molecular weight is 468 g/mol. The van der Waals surface area contributed by atoms with Gasteiger partial charge in [0.25, 0.3) is 0 Å². The Kier molecular flexibility index (Phi) is 7.95. The third kappa shape index (κ3) is 6.33. The van der Waals surface area contributed by atoms with Crippen molar-refractivity contribution in [2.75, 3.05) is 0 Å². The van der Waals surface area contributed by atoms with Crippen LogP contribution < -0.4 is 0 Å². The molecular weight excluding hydrogens is 433 g/mol. The van der Waals surface area contributed by atoms with Crippen LogP contribution in [-0.4, -0.2) is 38.6 Å². The van der Waals surface area contributed by atoms with E-state index in [1.165, 1.54) is 12.1 Å². The third-order valence-corrected chi connectivity index (χ3v) is 5.41. The van der Waals surface area contributed by atoms with Crippen molar-refractivity contribution in [3.63, 3.8) is 0 Å². The number of benzene rings is 2. The first-order chi connectivity index (χ1) is 16.0. The van der Waals surface area contributed by atoms with Gasteiger partial charge in [-0.2, -0.15) is 0 Å². The number of carbonyl (C=O) groups is 1. The van der Waals surface area contributed by atoms with E-state index in [2.05, 4.69) is 18.4 Å². The Morgan fingerprint density at radius 2 is 1.74 bits per heavy atom. The highest BCUT2D eigenvalue weighted by Crippen LogP contribution is 2.38. The summed E-state index contributed by atoms with van der Waals surface area (Å²) in [6.45, 7) is 9.46. The molecule has 3 rings (SSSR count). The number of aliphatic hydroxyl groups is 2.